The van der Waals surface area contributed by atoms with E-state index in [4.69, 9.17) is 9.98 Å². The van der Waals surface area contributed by atoms with Crippen molar-refractivity contribution < 1.29 is 16.5 Å². The predicted molar refractivity (Wildman–Crippen MR) is 145 cm³/mol. The van der Waals surface area contributed by atoms with Gasteiger partial charge in [-0.15, -0.1) is 0 Å². The van der Waals surface area contributed by atoms with Crippen molar-refractivity contribution in [1.29, 1.82) is 0 Å². The molecule has 1 aliphatic rings. The molecule has 0 saturated heterocycles. The van der Waals surface area contributed by atoms with Crippen LogP contribution in [0.25, 0.3) is 21.9 Å². The first kappa shape index (κ1) is 25.1. The third-order valence-corrected chi connectivity index (χ3v) is 5.83. The fourth-order valence-corrected chi connectivity index (χ4v) is 4.32. The molecule has 0 saturated carbocycles. The van der Waals surface area contributed by atoms with Gasteiger partial charge in [0.1, 0.15) is 0 Å². The molecule has 0 unspecified atom stereocenters. The SMILES string of the molecule is C=C(C)c1ccccc1N=C1C(=Nc2ccccc2C(=C)C)c2cccc3cccc1c23.[CH3-].[Ni]. The summed E-state index contributed by atoms with van der Waals surface area (Å²) in [5, 5.41) is 2.40. The molecule has 4 aromatic rings. The smallest absolute Gasteiger partial charge is 0.0979 e. The molecule has 0 atom stereocenters. The molecule has 0 heterocycles. The summed E-state index contributed by atoms with van der Waals surface area (Å²) >= 11 is 0. The first-order valence-electron chi connectivity index (χ1n) is 10.7. The van der Waals surface area contributed by atoms with Crippen LogP contribution in [-0.4, -0.2) is 11.4 Å². The van der Waals surface area contributed by atoms with Gasteiger partial charge in [0.05, 0.1) is 22.8 Å². The standard InChI is InChI=1S/C30H24N2.CH3.Ni/c1-19(2)22-13-5-7-17-26(22)31-29-24-15-9-11-21-12-10-16-25(28(21)24)30(29)32-27-18-8-6-14-23(27)20(3)4;;/h5-18H,1,3H2,2,4H3;1H3;/q;-1;. The number of hydrogen-bond donors (Lipinski definition) is 0. The monoisotopic (exact) mass is 485 g/mol. The zero-order valence-electron chi connectivity index (χ0n) is 19.7. The van der Waals surface area contributed by atoms with Crippen molar-refractivity contribution in [2.45, 2.75) is 13.8 Å². The van der Waals surface area contributed by atoms with Gasteiger partial charge in [-0.3, -0.25) is 0 Å². The molecular weight excluding hydrogens is 459 g/mol. The first-order chi connectivity index (χ1) is 15.5. The Morgan fingerprint density at radius 3 is 1.41 bits per heavy atom. The van der Waals surface area contributed by atoms with Crippen LogP contribution in [0.1, 0.15) is 36.1 Å². The molecule has 4 aromatic carbocycles. The Kier molecular flexibility index (Phi) is 7.49. The molecule has 0 N–H and O–H groups in total. The maximum Gasteiger partial charge on any atom is 0.0979 e. The first-order valence-corrected chi connectivity index (χ1v) is 10.7. The maximum atomic E-state index is 5.17. The van der Waals surface area contributed by atoms with E-state index in [1.165, 1.54) is 10.8 Å². The third-order valence-electron chi connectivity index (χ3n) is 5.83. The number of benzene rings is 4. The minimum atomic E-state index is 0. The molecule has 0 bridgehead atoms. The Hall–Kier alpha value is -3.55. The van der Waals surface area contributed by atoms with E-state index in [2.05, 4.69) is 61.7 Å². The quantitative estimate of drug-likeness (QED) is 0.204. The van der Waals surface area contributed by atoms with Crippen molar-refractivity contribution in [1.82, 2.24) is 0 Å². The zero-order valence-corrected chi connectivity index (χ0v) is 20.7. The third kappa shape index (κ3) is 4.32. The van der Waals surface area contributed by atoms with Gasteiger partial charge in [0.2, 0.25) is 0 Å². The average molecular weight is 486 g/mol. The van der Waals surface area contributed by atoms with Gasteiger partial charge in [0, 0.05) is 44.1 Å². The summed E-state index contributed by atoms with van der Waals surface area (Å²) in [4.78, 5) is 10.3. The van der Waals surface area contributed by atoms with Gasteiger partial charge in [0.25, 0.3) is 0 Å². The Bertz CT molecular complexity index is 1370. The van der Waals surface area contributed by atoms with E-state index in [0.717, 1.165) is 56.2 Å². The van der Waals surface area contributed by atoms with Crippen molar-refractivity contribution >= 4 is 44.7 Å². The van der Waals surface area contributed by atoms with Crippen LogP contribution in [0.5, 0.6) is 0 Å². The maximum absolute atomic E-state index is 5.17. The van der Waals surface area contributed by atoms with Crippen molar-refractivity contribution in [2.75, 3.05) is 0 Å². The van der Waals surface area contributed by atoms with Gasteiger partial charge in [-0.2, -0.15) is 0 Å². The van der Waals surface area contributed by atoms with E-state index in [1.807, 2.05) is 50.2 Å². The predicted octanol–water partition coefficient (Wildman–Crippen LogP) is 8.61. The summed E-state index contributed by atoms with van der Waals surface area (Å²) in [6, 6.07) is 29.0. The van der Waals surface area contributed by atoms with Crippen molar-refractivity contribution in [2.24, 2.45) is 9.98 Å². The molecule has 0 amide bonds. The number of aliphatic imine (C=N–C) groups is 2. The van der Waals surface area contributed by atoms with Crippen LogP contribution in [0.15, 0.2) is 108 Å². The number of hydrogen-bond acceptors (Lipinski definition) is 2. The largest absolute Gasteiger partial charge is 0.358 e. The van der Waals surface area contributed by atoms with Gasteiger partial charge in [-0.05, 0) is 42.5 Å². The Morgan fingerprint density at radius 2 is 1.00 bits per heavy atom. The van der Waals surface area contributed by atoms with Crippen LogP contribution >= 0.6 is 0 Å². The molecule has 0 fully saturated rings. The van der Waals surface area contributed by atoms with E-state index in [0.29, 0.717) is 0 Å². The van der Waals surface area contributed by atoms with Crippen LogP contribution in [-0.2, 0) is 16.5 Å². The molecule has 2 nitrogen and oxygen atoms in total. The Morgan fingerprint density at radius 1 is 0.588 bits per heavy atom. The summed E-state index contributed by atoms with van der Waals surface area (Å²) in [7, 11) is 0. The van der Waals surface area contributed by atoms with Crippen LogP contribution < -0.4 is 0 Å². The minimum absolute atomic E-state index is 0. The molecular formula is C31H27N2Ni-. The average Bonchev–Trinajstić information content (AvgIpc) is 3.09. The topological polar surface area (TPSA) is 24.7 Å². The van der Waals surface area contributed by atoms with Crippen molar-refractivity contribution in [3.05, 3.63) is 128 Å². The van der Waals surface area contributed by atoms with E-state index in [-0.39, 0.29) is 23.9 Å². The normalized spacial score (nSPS) is 14.1. The molecule has 0 aromatic heterocycles. The van der Waals surface area contributed by atoms with E-state index in [1.54, 1.807) is 0 Å². The van der Waals surface area contributed by atoms with E-state index in [9.17, 15) is 0 Å². The second-order valence-electron chi connectivity index (χ2n) is 8.23. The summed E-state index contributed by atoms with van der Waals surface area (Å²) in [6.45, 7) is 12.3. The molecule has 0 radical (unpaired) electrons. The molecule has 5 rings (SSSR count). The number of rotatable bonds is 4. The molecule has 0 spiro atoms. The molecule has 172 valence electrons. The fourth-order valence-electron chi connectivity index (χ4n) is 4.32. The van der Waals surface area contributed by atoms with Gasteiger partial charge in [0.15, 0.2) is 0 Å². The van der Waals surface area contributed by atoms with Crippen LogP contribution in [0.2, 0.25) is 0 Å². The number of para-hydroxylation sites is 2. The Labute approximate surface area is 212 Å². The van der Waals surface area contributed by atoms with Gasteiger partial charge in [-0.25, -0.2) is 9.98 Å². The second-order valence-corrected chi connectivity index (χ2v) is 8.23. The summed E-state index contributed by atoms with van der Waals surface area (Å²) in [5.74, 6) is 0. The molecule has 0 aliphatic heterocycles. The Balaban J connectivity index is 0.00000162. The molecule has 34 heavy (non-hydrogen) atoms. The molecule has 3 heteroatoms. The molecule has 1 aliphatic carbocycles. The number of nitrogens with zero attached hydrogens (tertiary/aromatic N) is 2. The number of allylic oxidation sites excluding steroid dienone is 2. The summed E-state index contributed by atoms with van der Waals surface area (Å²) < 4.78 is 0. The van der Waals surface area contributed by atoms with Crippen LogP contribution in [0.4, 0.5) is 11.4 Å². The van der Waals surface area contributed by atoms with E-state index >= 15 is 0 Å². The summed E-state index contributed by atoms with van der Waals surface area (Å²) in [5.41, 5.74) is 9.89. The second kappa shape index (κ2) is 10.2. The van der Waals surface area contributed by atoms with Gasteiger partial charge in [-0.1, -0.05) is 86.0 Å². The zero-order chi connectivity index (χ0) is 22.2. The van der Waals surface area contributed by atoms with Crippen molar-refractivity contribution in [3.63, 3.8) is 0 Å². The van der Waals surface area contributed by atoms with Crippen LogP contribution in [0.3, 0.4) is 0 Å². The van der Waals surface area contributed by atoms with Crippen LogP contribution in [0, 0.1) is 7.43 Å². The summed E-state index contributed by atoms with van der Waals surface area (Å²) in [6.07, 6.45) is 0. The fraction of sp³-hybridized carbons (Fsp3) is 0.0645. The van der Waals surface area contributed by atoms with Crippen molar-refractivity contribution in [3.8, 4) is 0 Å². The van der Waals surface area contributed by atoms with E-state index < -0.39 is 0 Å². The van der Waals surface area contributed by atoms with Gasteiger partial charge < -0.3 is 7.43 Å². The minimum Gasteiger partial charge on any atom is -0.358 e. The van der Waals surface area contributed by atoms with Gasteiger partial charge >= 0.3 is 0 Å².